The van der Waals surface area contributed by atoms with Crippen molar-refractivity contribution in [1.82, 2.24) is 20.5 Å². The first-order valence-electron chi connectivity index (χ1n) is 11.2. The highest BCUT2D eigenvalue weighted by Gasteiger charge is 2.34. The summed E-state index contributed by atoms with van der Waals surface area (Å²) in [6, 6.07) is 14.3. The van der Waals surface area contributed by atoms with Gasteiger partial charge in [0.2, 0.25) is 5.82 Å². The van der Waals surface area contributed by atoms with Crippen molar-refractivity contribution in [3.8, 4) is 17.6 Å². The van der Waals surface area contributed by atoms with Gasteiger partial charge in [-0.3, -0.25) is 9.89 Å². The molecule has 4 N–H and O–H groups in total. The molecule has 3 aromatic rings. The lowest BCUT2D eigenvalue weighted by Gasteiger charge is -2.31. The van der Waals surface area contributed by atoms with Gasteiger partial charge in [-0.1, -0.05) is 42.2 Å². The number of aliphatic hydroxyl groups excluding tert-OH is 1. The lowest BCUT2D eigenvalue weighted by atomic mass is 10.0. The van der Waals surface area contributed by atoms with Gasteiger partial charge in [-0.2, -0.15) is 0 Å². The molecule has 2 atom stereocenters. The Kier molecular flexibility index (Phi) is 6.13. The maximum Gasteiger partial charge on any atom is 0.291 e. The van der Waals surface area contributed by atoms with Crippen molar-refractivity contribution in [2.75, 3.05) is 31.8 Å². The van der Waals surface area contributed by atoms with Crippen LogP contribution < -0.4 is 15.0 Å². The normalized spacial score (nSPS) is 20.4. The van der Waals surface area contributed by atoms with E-state index < -0.39 is 23.8 Å². The number of fused-ring (bicyclic) bond motifs is 1. The zero-order chi connectivity index (χ0) is 24.4. The van der Waals surface area contributed by atoms with E-state index in [9.17, 15) is 15.0 Å². The monoisotopic (exact) mass is 475 g/mol. The number of likely N-dealkylation sites (N-methyl/N-ethyl adjacent to an activating group) is 1. The molecule has 0 saturated carbocycles. The third kappa shape index (κ3) is 4.97. The molecule has 1 fully saturated rings. The number of hydrogen-bond acceptors (Lipinski definition) is 8. The number of ether oxygens (including phenoxy) is 2. The van der Waals surface area contributed by atoms with Crippen LogP contribution in [0, 0.1) is 11.8 Å². The minimum absolute atomic E-state index is 0.0111. The Hall–Kier alpha value is -3.91. The van der Waals surface area contributed by atoms with Gasteiger partial charge in [0.1, 0.15) is 24.2 Å². The average molecular weight is 476 g/mol. The number of aromatic nitrogens is 3. The van der Waals surface area contributed by atoms with Crippen LogP contribution in [0.15, 0.2) is 48.5 Å². The number of aromatic amines is 1. The summed E-state index contributed by atoms with van der Waals surface area (Å²) in [6.45, 7) is 0.424. The quantitative estimate of drug-likeness (QED) is 0.400. The summed E-state index contributed by atoms with van der Waals surface area (Å²) in [5, 5.41) is 30.6. The molecule has 1 amide bonds. The number of hydrogen-bond donors (Lipinski definition) is 4. The zero-order valence-electron chi connectivity index (χ0n) is 19.1. The molecule has 180 valence electrons. The maximum atomic E-state index is 12.8. The molecule has 1 unspecified atom stereocenters. The molecule has 0 spiro atoms. The van der Waals surface area contributed by atoms with E-state index in [1.165, 1.54) is 0 Å². The summed E-state index contributed by atoms with van der Waals surface area (Å²) >= 11 is 0. The Labute approximate surface area is 201 Å². The molecule has 2 aromatic carbocycles. The van der Waals surface area contributed by atoms with Gasteiger partial charge < -0.3 is 29.9 Å². The van der Waals surface area contributed by atoms with Crippen molar-refractivity contribution >= 4 is 11.6 Å². The number of nitrogens with zero attached hydrogens (tertiary/aromatic N) is 3. The van der Waals surface area contributed by atoms with Crippen molar-refractivity contribution in [1.29, 1.82) is 0 Å². The lowest BCUT2D eigenvalue weighted by molar-refractivity contribution is -0.140. The summed E-state index contributed by atoms with van der Waals surface area (Å²) in [5.74, 6) is 6.34. The van der Waals surface area contributed by atoms with Crippen LogP contribution in [-0.2, 0) is 11.2 Å². The first-order chi connectivity index (χ1) is 16.9. The summed E-state index contributed by atoms with van der Waals surface area (Å²) in [4.78, 5) is 18.7. The highest BCUT2D eigenvalue weighted by Crippen LogP contribution is 2.33. The molecule has 35 heavy (non-hydrogen) atoms. The van der Waals surface area contributed by atoms with E-state index in [4.69, 9.17) is 9.47 Å². The fourth-order valence-electron chi connectivity index (χ4n) is 3.84. The zero-order valence-corrected chi connectivity index (χ0v) is 19.1. The molecule has 10 heteroatoms. The fraction of sp³-hybridized carbons (Fsp3) is 0.320. The van der Waals surface area contributed by atoms with Gasteiger partial charge in [-0.15, -0.1) is 5.10 Å². The van der Waals surface area contributed by atoms with E-state index in [-0.39, 0.29) is 25.6 Å². The number of carbonyl (C=O) groups is 1. The minimum atomic E-state index is -1.12. The van der Waals surface area contributed by atoms with Crippen molar-refractivity contribution < 1.29 is 24.5 Å². The molecule has 1 saturated heterocycles. The van der Waals surface area contributed by atoms with Gasteiger partial charge in [-0.05, 0) is 23.8 Å². The highest BCUT2D eigenvalue weighted by molar-refractivity contribution is 5.90. The molecule has 3 heterocycles. The van der Waals surface area contributed by atoms with Gasteiger partial charge in [0.15, 0.2) is 11.8 Å². The molecule has 10 nitrogen and oxygen atoms in total. The second-order valence-electron chi connectivity index (χ2n) is 8.64. The number of anilines is 1. The van der Waals surface area contributed by atoms with E-state index in [0.29, 0.717) is 29.2 Å². The van der Waals surface area contributed by atoms with Crippen LogP contribution in [0.4, 0.5) is 5.69 Å². The Bertz CT molecular complexity index is 1280. The highest BCUT2D eigenvalue weighted by atomic mass is 16.5. The molecule has 1 aromatic heterocycles. The van der Waals surface area contributed by atoms with E-state index in [1.807, 2.05) is 30.3 Å². The first kappa shape index (κ1) is 22.9. The van der Waals surface area contributed by atoms with E-state index in [2.05, 4.69) is 32.3 Å². The standard InChI is InChI=1S/C25H25N5O5/c1-30-19-11-17(9-10-25(33)14-34-15-25)7-8-20(19)35-13-18(24(30)32)26-23(31)22-27-21(28-29-22)12-16-5-3-2-4-6-16/h2-8,11,18,24,32-33H,12-15H2,1H3,(H,26,31)(H,27,28,29)/t18-,24?/m1/s1. The van der Waals surface area contributed by atoms with Gasteiger partial charge in [0.05, 0.1) is 18.9 Å². The van der Waals surface area contributed by atoms with Gasteiger partial charge in [0.25, 0.3) is 5.91 Å². The number of benzene rings is 2. The van der Waals surface area contributed by atoms with Crippen LogP contribution in [0.3, 0.4) is 0 Å². The van der Waals surface area contributed by atoms with Crippen LogP contribution in [0.25, 0.3) is 0 Å². The van der Waals surface area contributed by atoms with Crippen molar-refractivity contribution in [3.63, 3.8) is 0 Å². The van der Waals surface area contributed by atoms with Crippen molar-refractivity contribution in [3.05, 3.63) is 71.3 Å². The number of amides is 1. The summed E-state index contributed by atoms with van der Waals surface area (Å²) in [5.41, 5.74) is 1.19. The van der Waals surface area contributed by atoms with Crippen LogP contribution >= 0.6 is 0 Å². The predicted molar refractivity (Wildman–Crippen MR) is 126 cm³/mol. The Morgan fingerprint density at radius 3 is 2.83 bits per heavy atom. The second kappa shape index (κ2) is 9.38. The summed E-state index contributed by atoms with van der Waals surface area (Å²) in [7, 11) is 1.70. The first-order valence-corrected chi connectivity index (χ1v) is 11.2. The van der Waals surface area contributed by atoms with Gasteiger partial charge in [0, 0.05) is 19.0 Å². The number of carbonyl (C=O) groups excluding carboxylic acids is 1. The molecule has 0 radical (unpaired) electrons. The van der Waals surface area contributed by atoms with Crippen molar-refractivity contribution in [2.45, 2.75) is 24.3 Å². The second-order valence-corrected chi connectivity index (χ2v) is 8.64. The molecule has 5 rings (SSSR count). The maximum absolute atomic E-state index is 12.8. The molecule has 2 aliphatic heterocycles. The molecule has 0 bridgehead atoms. The van der Waals surface area contributed by atoms with E-state index in [0.717, 1.165) is 5.56 Å². The van der Waals surface area contributed by atoms with Crippen LogP contribution in [0.2, 0.25) is 0 Å². The molecular formula is C25H25N5O5. The predicted octanol–water partition coefficient (Wildman–Crippen LogP) is 0.454. The Balaban J connectivity index is 1.26. The van der Waals surface area contributed by atoms with E-state index in [1.54, 1.807) is 30.1 Å². The Morgan fingerprint density at radius 1 is 1.29 bits per heavy atom. The number of H-pyrrole nitrogens is 1. The topological polar surface area (TPSA) is 133 Å². The average Bonchev–Trinajstić information content (AvgIpc) is 3.28. The Morgan fingerprint density at radius 2 is 2.09 bits per heavy atom. The largest absolute Gasteiger partial charge is 0.489 e. The number of nitrogens with one attached hydrogen (secondary N) is 2. The molecule has 2 aliphatic rings. The third-order valence-corrected chi connectivity index (χ3v) is 5.90. The lowest BCUT2D eigenvalue weighted by Crippen LogP contribution is -2.52. The van der Waals surface area contributed by atoms with Gasteiger partial charge in [-0.25, -0.2) is 4.98 Å². The minimum Gasteiger partial charge on any atom is -0.489 e. The van der Waals surface area contributed by atoms with Crippen LogP contribution in [-0.4, -0.2) is 76.0 Å². The molecule has 0 aliphatic carbocycles. The number of rotatable bonds is 4. The smallest absolute Gasteiger partial charge is 0.291 e. The van der Waals surface area contributed by atoms with Gasteiger partial charge >= 0.3 is 0 Å². The SMILES string of the molecule is CN1c2cc(C#CC3(O)COC3)ccc2OC[C@@H](NC(=O)c2n[nH]c(Cc3ccccc3)n2)C1O. The van der Waals surface area contributed by atoms with Crippen LogP contribution in [0.5, 0.6) is 5.75 Å². The third-order valence-electron chi connectivity index (χ3n) is 5.90. The van der Waals surface area contributed by atoms with Crippen LogP contribution in [0.1, 0.15) is 27.6 Å². The summed E-state index contributed by atoms with van der Waals surface area (Å²) < 4.78 is 10.9. The molecular weight excluding hydrogens is 450 g/mol. The number of aliphatic hydroxyl groups is 2. The van der Waals surface area contributed by atoms with E-state index >= 15 is 0 Å². The van der Waals surface area contributed by atoms with Crippen molar-refractivity contribution in [2.24, 2.45) is 0 Å². The summed E-state index contributed by atoms with van der Waals surface area (Å²) in [6.07, 6.45) is -0.556. The fourth-order valence-corrected chi connectivity index (χ4v) is 3.84.